The SMILES string of the molecule is Cc1nn(C)c(C)c1CCC(=O)N1CCN(S(=O)(=O)c2cccc(C(F)(F)F)c2)CC1. The first-order chi connectivity index (χ1) is 14.4. The van der Waals surface area contributed by atoms with Crippen LogP contribution >= 0.6 is 0 Å². The summed E-state index contributed by atoms with van der Waals surface area (Å²) < 4.78 is 67.2. The normalized spacial score (nSPS) is 16.0. The van der Waals surface area contributed by atoms with Gasteiger partial charge in [0, 0.05) is 45.3 Å². The number of benzene rings is 1. The highest BCUT2D eigenvalue weighted by atomic mass is 32.2. The lowest BCUT2D eigenvalue weighted by Crippen LogP contribution is -2.50. The fraction of sp³-hybridized carbons (Fsp3) is 0.500. The molecular weight excluding hydrogens is 433 g/mol. The highest BCUT2D eigenvalue weighted by Gasteiger charge is 2.34. The Bertz CT molecular complexity index is 1070. The zero-order valence-corrected chi connectivity index (χ0v) is 18.4. The third-order valence-corrected chi connectivity index (χ3v) is 7.53. The van der Waals surface area contributed by atoms with E-state index >= 15 is 0 Å². The van der Waals surface area contributed by atoms with Crippen LogP contribution in [0.4, 0.5) is 13.2 Å². The predicted molar refractivity (Wildman–Crippen MR) is 108 cm³/mol. The van der Waals surface area contributed by atoms with Gasteiger partial charge in [-0.05, 0) is 44.0 Å². The fourth-order valence-electron chi connectivity index (χ4n) is 3.73. The number of carbonyl (C=O) groups excluding carboxylic acids is 1. The van der Waals surface area contributed by atoms with Crippen molar-refractivity contribution in [2.75, 3.05) is 26.2 Å². The molecule has 0 spiro atoms. The second-order valence-electron chi connectivity index (χ2n) is 7.58. The number of alkyl halides is 3. The van der Waals surface area contributed by atoms with Crippen molar-refractivity contribution >= 4 is 15.9 Å². The quantitative estimate of drug-likeness (QED) is 0.690. The minimum absolute atomic E-state index is 0.0370. The molecule has 170 valence electrons. The monoisotopic (exact) mass is 458 g/mol. The maximum absolute atomic E-state index is 12.9. The van der Waals surface area contributed by atoms with Crippen LogP contribution < -0.4 is 0 Å². The summed E-state index contributed by atoms with van der Waals surface area (Å²) in [5.41, 5.74) is 1.90. The average Bonchev–Trinajstić information content (AvgIpc) is 2.97. The number of hydrogen-bond acceptors (Lipinski definition) is 4. The molecule has 1 aliphatic rings. The van der Waals surface area contributed by atoms with E-state index in [4.69, 9.17) is 0 Å². The van der Waals surface area contributed by atoms with E-state index in [9.17, 15) is 26.4 Å². The number of aryl methyl sites for hydroxylation is 2. The number of amides is 1. The van der Waals surface area contributed by atoms with Crippen molar-refractivity contribution in [3.63, 3.8) is 0 Å². The lowest BCUT2D eigenvalue weighted by Gasteiger charge is -2.34. The Hall–Kier alpha value is -2.40. The molecule has 1 aromatic carbocycles. The van der Waals surface area contributed by atoms with Gasteiger partial charge < -0.3 is 4.90 Å². The molecule has 0 bridgehead atoms. The molecule has 1 aliphatic heterocycles. The Morgan fingerprint density at radius 1 is 1.13 bits per heavy atom. The molecule has 1 aromatic heterocycles. The second kappa shape index (κ2) is 8.62. The van der Waals surface area contributed by atoms with Gasteiger partial charge in [-0.25, -0.2) is 8.42 Å². The van der Waals surface area contributed by atoms with E-state index in [0.717, 1.165) is 39.5 Å². The molecule has 1 amide bonds. The van der Waals surface area contributed by atoms with Crippen molar-refractivity contribution in [3.8, 4) is 0 Å². The molecule has 11 heteroatoms. The lowest BCUT2D eigenvalue weighted by atomic mass is 10.1. The molecule has 31 heavy (non-hydrogen) atoms. The number of sulfonamides is 1. The van der Waals surface area contributed by atoms with Crippen LogP contribution in [0.25, 0.3) is 0 Å². The Balaban J connectivity index is 1.61. The number of carbonyl (C=O) groups is 1. The molecule has 0 saturated carbocycles. The Labute approximate surface area is 179 Å². The Kier molecular flexibility index (Phi) is 6.47. The molecular formula is C20H25F3N4O3S. The lowest BCUT2D eigenvalue weighted by molar-refractivity contribution is -0.137. The van der Waals surface area contributed by atoms with Crippen LogP contribution in [0.2, 0.25) is 0 Å². The largest absolute Gasteiger partial charge is 0.416 e. The Morgan fingerprint density at radius 2 is 1.77 bits per heavy atom. The van der Waals surface area contributed by atoms with Crippen LogP contribution in [-0.2, 0) is 34.5 Å². The topological polar surface area (TPSA) is 75.5 Å². The maximum atomic E-state index is 12.9. The summed E-state index contributed by atoms with van der Waals surface area (Å²) in [5, 5.41) is 4.34. The summed E-state index contributed by atoms with van der Waals surface area (Å²) in [6.45, 7) is 4.30. The molecule has 3 rings (SSSR count). The van der Waals surface area contributed by atoms with E-state index < -0.39 is 26.7 Å². The van der Waals surface area contributed by atoms with Crippen molar-refractivity contribution in [2.24, 2.45) is 7.05 Å². The highest BCUT2D eigenvalue weighted by Crippen LogP contribution is 2.31. The number of aromatic nitrogens is 2. The third-order valence-electron chi connectivity index (χ3n) is 5.64. The van der Waals surface area contributed by atoms with Crippen LogP contribution in [0, 0.1) is 13.8 Å². The van der Waals surface area contributed by atoms with Crippen LogP contribution in [0.3, 0.4) is 0 Å². The molecule has 0 atom stereocenters. The van der Waals surface area contributed by atoms with Gasteiger partial charge in [-0.15, -0.1) is 0 Å². The third kappa shape index (κ3) is 4.93. The number of rotatable bonds is 5. The van der Waals surface area contributed by atoms with Gasteiger partial charge in [0.1, 0.15) is 0 Å². The number of piperazine rings is 1. The summed E-state index contributed by atoms with van der Waals surface area (Å²) in [6.07, 6.45) is -3.79. The van der Waals surface area contributed by atoms with Crippen LogP contribution in [0.15, 0.2) is 29.2 Å². The van der Waals surface area contributed by atoms with E-state index in [-0.39, 0.29) is 38.5 Å². The molecule has 0 unspecified atom stereocenters. The van der Waals surface area contributed by atoms with Crippen molar-refractivity contribution < 1.29 is 26.4 Å². The predicted octanol–water partition coefficient (Wildman–Crippen LogP) is 2.52. The molecule has 0 N–H and O–H groups in total. The summed E-state index contributed by atoms with van der Waals surface area (Å²) in [4.78, 5) is 13.8. The van der Waals surface area contributed by atoms with E-state index in [0.29, 0.717) is 12.5 Å². The first-order valence-corrected chi connectivity index (χ1v) is 11.3. The van der Waals surface area contributed by atoms with Gasteiger partial charge in [0.05, 0.1) is 16.2 Å². The number of halogens is 3. The first kappa shape index (κ1) is 23.3. The summed E-state index contributed by atoms with van der Waals surface area (Å²) in [5.74, 6) is -0.0845. The van der Waals surface area contributed by atoms with Crippen molar-refractivity contribution in [1.29, 1.82) is 0 Å². The van der Waals surface area contributed by atoms with Gasteiger partial charge in [0.15, 0.2) is 0 Å². The fourth-order valence-corrected chi connectivity index (χ4v) is 5.20. The molecule has 2 heterocycles. The maximum Gasteiger partial charge on any atom is 0.416 e. The molecule has 1 fully saturated rings. The highest BCUT2D eigenvalue weighted by molar-refractivity contribution is 7.89. The smallest absolute Gasteiger partial charge is 0.340 e. The van der Waals surface area contributed by atoms with E-state index in [1.54, 1.807) is 9.58 Å². The molecule has 0 aliphatic carbocycles. The van der Waals surface area contributed by atoms with Crippen LogP contribution in [0.5, 0.6) is 0 Å². The average molecular weight is 459 g/mol. The number of hydrogen-bond donors (Lipinski definition) is 0. The van der Waals surface area contributed by atoms with E-state index in [1.165, 1.54) is 0 Å². The minimum Gasteiger partial charge on any atom is -0.340 e. The van der Waals surface area contributed by atoms with Crippen LogP contribution in [-0.4, -0.2) is 59.5 Å². The zero-order valence-electron chi connectivity index (χ0n) is 17.6. The molecule has 0 radical (unpaired) electrons. The van der Waals surface area contributed by atoms with Crippen LogP contribution in [0.1, 0.15) is 28.9 Å². The van der Waals surface area contributed by atoms with Crippen molar-refractivity contribution in [3.05, 3.63) is 46.8 Å². The number of nitrogens with zero attached hydrogens (tertiary/aromatic N) is 4. The van der Waals surface area contributed by atoms with Gasteiger partial charge in [0.25, 0.3) is 0 Å². The summed E-state index contributed by atoms with van der Waals surface area (Å²) >= 11 is 0. The van der Waals surface area contributed by atoms with Gasteiger partial charge in [-0.2, -0.15) is 22.6 Å². The van der Waals surface area contributed by atoms with Crippen molar-refractivity contribution in [2.45, 2.75) is 37.8 Å². The van der Waals surface area contributed by atoms with E-state index in [1.807, 2.05) is 20.9 Å². The van der Waals surface area contributed by atoms with Crippen molar-refractivity contribution in [1.82, 2.24) is 19.0 Å². The summed E-state index contributed by atoms with van der Waals surface area (Å²) in [6, 6.07) is 3.71. The van der Waals surface area contributed by atoms with E-state index in [2.05, 4.69) is 5.10 Å². The van der Waals surface area contributed by atoms with Gasteiger partial charge >= 0.3 is 6.18 Å². The zero-order chi connectivity index (χ0) is 23.0. The van der Waals surface area contributed by atoms with Gasteiger partial charge in [-0.3, -0.25) is 9.48 Å². The summed E-state index contributed by atoms with van der Waals surface area (Å²) in [7, 11) is -2.23. The standard InChI is InChI=1S/C20H25F3N4O3S/c1-14-18(15(2)25(3)24-14)7-8-19(28)26-9-11-27(12-10-26)31(29,30)17-6-4-5-16(13-17)20(21,22)23/h4-6,13H,7-12H2,1-3H3. The molecule has 2 aromatic rings. The molecule has 7 nitrogen and oxygen atoms in total. The molecule has 1 saturated heterocycles. The first-order valence-electron chi connectivity index (χ1n) is 9.85. The van der Waals surface area contributed by atoms with Gasteiger partial charge in [-0.1, -0.05) is 6.07 Å². The minimum atomic E-state index is -4.62. The van der Waals surface area contributed by atoms with Gasteiger partial charge in [0.2, 0.25) is 15.9 Å². The Morgan fingerprint density at radius 3 is 2.32 bits per heavy atom. The second-order valence-corrected chi connectivity index (χ2v) is 9.52.